The minimum Gasteiger partial charge on any atom is -0.253 e. The second kappa shape index (κ2) is 7.21. The lowest BCUT2D eigenvalue weighted by Gasteiger charge is -2.01. The molecule has 0 aliphatic rings. The van der Waals surface area contributed by atoms with Gasteiger partial charge in [0.15, 0.2) is 5.82 Å². The highest BCUT2D eigenvalue weighted by atomic mass is 79.9. The van der Waals surface area contributed by atoms with Crippen molar-refractivity contribution < 1.29 is 4.39 Å². The third-order valence-corrected chi connectivity index (χ3v) is 5.01. The number of rotatable bonds is 4. The van der Waals surface area contributed by atoms with Crippen LogP contribution in [0.25, 0.3) is 11.3 Å². The van der Waals surface area contributed by atoms with Crippen LogP contribution < -0.4 is 5.43 Å². The molecule has 7 heteroatoms. The molecular weight excluding hydrogens is 401 g/mol. The quantitative estimate of drug-likeness (QED) is 0.335. The predicted molar refractivity (Wildman–Crippen MR) is 97.9 cm³/mol. The molecule has 0 amide bonds. The van der Waals surface area contributed by atoms with Gasteiger partial charge in [0.05, 0.1) is 16.9 Å². The zero-order chi connectivity index (χ0) is 16.2. The first kappa shape index (κ1) is 16.1. The summed E-state index contributed by atoms with van der Waals surface area (Å²) in [4.78, 5) is 4.43. The van der Waals surface area contributed by atoms with E-state index >= 15 is 0 Å². The van der Waals surface area contributed by atoms with Crippen LogP contribution in [0, 0.1) is 5.82 Å². The molecular formula is C16H10BrClFN3S. The van der Waals surface area contributed by atoms with E-state index in [-0.39, 0.29) is 5.02 Å². The van der Waals surface area contributed by atoms with E-state index in [1.807, 2.05) is 35.7 Å². The molecule has 0 bridgehead atoms. The molecule has 0 aliphatic heterocycles. The van der Waals surface area contributed by atoms with Crippen molar-refractivity contribution in [1.29, 1.82) is 0 Å². The molecule has 0 unspecified atom stereocenters. The largest absolute Gasteiger partial charge is 0.253 e. The number of nitrogens with one attached hydrogen (secondary N) is 1. The molecule has 0 saturated carbocycles. The standard InChI is InChI=1S/C16H10BrClFN3S/c17-12-7-6-11(15(19)14(12)18)8-20-22-16-21-13(9-23-16)10-4-2-1-3-5-10/h1-9H,(H,21,22). The number of anilines is 1. The molecule has 0 spiro atoms. The van der Waals surface area contributed by atoms with Crippen molar-refractivity contribution in [3.8, 4) is 11.3 Å². The molecule has 0 saturated heterocycles. The van der Waals surface area contributed by atoms with Crippen LogP contribution in [0.15, 0.2) is 57.4 Å². The molecule has 0 radical (unpaired) electrons. The maximum absolute atomic E-state index is 13.9. The third-order valence-electron chi connectivity index (χ3n) is 3.00. The minimum atomic E-state index is -0.518. The van der Waals surface area contributed by atoms with Crippen molar-refractivity contribution in [3.05, 3.63) is 68.7 Å². The van der Waals surface area contributed by atoms with Crippen LogP contribution in [-0.2, 0) is 0 Å². The maximum Gasteiger partial charge on any atom is 0.203 e. The first-order chi connectivity index (χ1) is 11.1. The van der Waals surface area contributed by atoms with E-state index < -0.39 is 5.82 Å². The number of hydrogen-bond acceptors (Lipinski definition) is 4. The van der Waals surface area contributed by atoms with Crippen LogP contribution in [0.3, 0.4) is 0 Å². The normalized spacial score (nSPS) is 11.1. The van der Waals surface area contributed by atoms with Crippen molar-refractivity contribution in [1.82, 2.24) is 4.98 Å². The second-order valence-corrected chi connectivity index (χ2v) is 6.63. The minimum absolute atomic E-state index is 0.0366. The molecule has 1 heterocycles. The van der Waals surface area contributed by atoms with Gasteiger partial charge in [0, 0.05) is 21.0 Å². The number of hydrogen-bond donors (Lipinski definition) is 1. The fourth-order valence-corrected chi connectivity index (χ4v) is 3.01. The van der Waals surface area contributed by atoms with Crippen LogP contribution in [0.1, 0.15) is 5.56 Å². The van der Waals surface area contributed by atoms with Crippen molar-refractivity contribution in [2.75, 3.05) is 5.43 Å². The summed E-state index contributed by atoms with van der Waals surface area (Å²) in [5, 5.41) is 6.61. The zero-order valence-corrected chi connectivity index (χ0v) is 14.8. The van der Waals surface area contributed by atoms with Gasteiger partial charge in [-0.25, -0.2) is 9.37 Å². The molecule has 1 N–H and O–H groups in total. The Balaban J connectivity index is 1.72. The average Bonchev–Trinajstić information content (AvgIpc) is 3.05. The van der Waals surface area contributed by atoms with Gasteiger partial charge in [-0.05, 0) is 28.1 Å². The lowest BCUT2D eigenvalue weighted by atomic mass is 10.2. The van der Waals surface area contributed by atoms with Gasteiger partial charge >= 0.3 is 0 Å². The Labute approximate surface area is 150 Å². The Morgan fingerprint density at radius 2 is 2.00 bits per heavy atom. The van der Waals surface area contributed by atoms with Gasteiger partial charge in [-0.2, -0.15) is 5.10 Å². The number of benzene rings is 2. The number of hydrazone groups is 1. The summed E-state index contributed by atoms with van der Waals surface area (Å²) in [6.07, 6.45) is 1.37. The summed E-state index contributed by atoms with van der Waals surface area (Å²) in [5.41, 5.74) is 5.00. The third kappa shape index (κ3) is 3.77. The van der Waals surface area contributed by atoms with Crippen molar-refractivity contribution in [2.24, 2.45) is 5.10 Å². The number of halogens is 3. The van der Waals surface area contributed by atoms with Gasteiger partial charge in [0.1, 0.15) is 0 Å². The lowest BCUT2D eigenvalue weighted by Crippen LogP contribution is -1.94. The Hall–Kier alpha value is -1.76. The number of aromatic nitrogens is 1. The lowest BCUT2D eigenvalue weighted by molar-refractivity contribution is 0.625. The van der Waals surface area contributed by atoms with E-state index in [4.69, 9.17) is 11.6 Å². The van der Waals surface area contributed by atoms with Crippen LogP contribution in [0.5, 0.6) is 0 Å². The van der Waals surface area contributed by atoms with Gasteiger partial charge in [-0.3, -0.25) is 5.43 Å². The summed E-state index contributed by atoms with van der Waals surface area (Å²) >= 11 is 10.4. The molecule has 3 aromatic rings. The first-order valence-electron chi connectivity index (χ1n) is 6.58. The molecule has 1 aromatic heterocycles. The first-order valence-corrected chi connectivity index (χ1v) is 8.64. The summed E-state index contributed by atoms with van der Waals surface area (Å²) in [7, 11) is 0. The van der Waals surface area contributed by atoms with Crippen molar-refractivity contribution >= 4 is 50.2 Å². The Bertz CT molecular complexity index is 852. The van der Waals surface area contributed by atoms with E-state index in [2.05, 4.69) is 31.4 Å². The predicted octanol–water partition coefficient (Wildman–Crippen LogP) is 5.81. The average molecular weight is 411 g/mol. The van der Waals surface area contributed by atoms with Gasteiger partial charge in [0.25, 0.3) is 0 Å². The topological polar surface area (TPSA) is 37.3 Å². The highest BCUT2D eigenvalue weighted by molar-refractivity contribution is 9.10. The monoisotopic (exact) mass is 409 g/mol. The molecule has 3 rings (SSSR count). The molecule has 0 fully saturated rings. The van der Waals surface area contributed by atoms with Crippen LogP contribution in [0.4, 0.5) is 9.52 Å². The summed E-state index contributed by atoms with van der Waals surface area (Å²) in [5.74, 6) is -0.518. The van der Waals surface area contributed by atoms with Crippen molar-refractivity contribution in [3.63, 3.8) is 0 Å². The number of thiazole rings is 1. The maximum atomic E-state index is 13.9. The van der Waals surface area contributed by atoms with E-state index in [0.717, 1.165) is 11.3 Å². The van der Waals surface area contributed by atoms with E-state index in [9.17, 15) is 4.39 Å². The van der Waals surface area contributed by atoms with Gasteiger partial charge < -0.3 is 0 Å². The smallest absolute Gasteiger partial charge is 0.203 e. The van der Waals surface area contributed by atoms with E-state index in [1.165, 1.54) is 17.6 Å². The Morgan fingerprint density at radius 1 is 1.22 bits per heavy atom. The van der Waals surface area contributed by atoms with E-state index in [1.54, 1.807) is 12.1 Å². The molecule has 0 atom stereocenters. The summed E-state index contributed by atoms with van der Waals surface area (Å²) < 4.78 is 14.4. The summed E-state index contributed by atoms with van der Waals surface area (Å²) in [6, 6.07) is 13.1. The fraction of sp³-hybridized carbons (Fsp3) is 0. The number of nitrogens with zero attached hydrogens (tertiary/aromatic N) is 2. The van der Waals surface area contributed by atoms with Gasteiger partial charge in [0.2, 0.25) is 5.13 Å². The van der Waals surface area contributed by atoms with Crippen LogP contribution in [-0.4, -0.2) is 11.2 Å². The van der Waals surface area contributed by atoms with E-state index in [0.29, 0.717) is 15.2 Å². The molecule has 23 heavy (non-hydrogen) atoms. The highest BCUT2D eigenvalue weighted by Crippen LogP contribution is 2.27. The SMILES string of the molecule is Fc1c(C=NNc2nc(-c3ccccc3)cs2)ccc(Br)c1Cl. The second-order valence-electron chi connectivity index (χ2n) is 4.54. The Kier molecular flexibility index (Phi) is 5.05. The molecule has 2 aromatic carbocycles. The summed E-state index contributed by atoms with van der Waals surface area (Å²) in [6.45, 7) is 0. The fourth-order valence-electron chi connectivity index (χ4n) is 1.86. The molecule has 0 aliphatic carbocycles. The molecule has 116 valence electrons. The molecule has 3 nitrogen and oxygen atoms in total. The van der Waals surface area contributed by atoms with Crippen molar-refractivity contribution in [2.45, 2.75) is 0 Å². The van der Waals surface area contributed by atoms with Gasteiger partial charge in [-0.15, -0.1) is 11.3 Å². The highest BCUT2D eigenvalue weighted by Gasteiger charge is 2.08. The zero-order valence-electron chi connectivity index (χ0n) is 11.6. The Morgan fingerprint density at radius 3 is 2.78 bits per heavy atom. The van der Waals surface area contributed by atoms with Crippen LogP contribution >= 0.6 is 38.9 Å². The van der Waals surface area contributed by atoms with Gasteiger partial charge in [-0.1, -0.05) is 41.9 Å². The van der Waals surface area contributed by atoms with Crippen LogP contribution in [0.2, 0.25) is 5.02 Å².